The van der Waals surface area contributed by atoms with Crippen LogP contribution < -0.4 is 20.3 Å². The minimum Gasteiger partial charge on any atom is -0.490 e. The molecule has 0 spiro atoms. The lowest BCUT2D eigenvalue weighted by Gasteiger charge is -2.21. The molecule has 172 valence electrons. The zero-order valence-electron chi connectivity index (χ0n) is 18.9. The fourth-order valence-electron chi connectivity index (χ4n) is 4.17. The summed E-state index contributed by atoms with van der Waals surface area (Å²) < 4.78 is 15.2. The first-order valence-corrected chi connectivity index (χ1v) is 11.3. The highest BCUT2D eigenvalue weighted by Crippen LogP contribution is 2.42. The van der Waals surface area contributed by atoms with Crippen molar-refractivity contribution in [2.24, 2.45) is 0 Å². The van der Waals surface area contributed by atoms with E-state index in [0.717, 1.165) is 11.1 Å². The molecule has 1 amide bonds. The van der Waals surface area contributed by atoms with Gasteiger partial charge in [-0.05, 0) is 30.7 Å². The van der Waals surface area contributed by atoms with Gasteiger partial charge in [-0.3, -0.25) is 9.59 Å². The molecule has 7 heteroatoms. The van der Waals surface area contributed by atoms with E-state index in [-0.39, 0.29) is 18.0 Å². The third-order valence-electron chi connectivity index (χ3n) is 5.74. The molecule has 1 N–H and O–H groups in total. The molecule has 34 heavy (non-hydrogen) atoms. The van der Waals surface area contributed by atoms with Crippen LogP contribution in [-0.2, 0) is 24.3 Å². The SMILES string of the molecule is CCOc1cccc2c1Oc1c(c(=O)n(-c3ccccc3)n1CC(=O)NCc1ccccc1)C2. The Morgan fingerprint density at radius 2 is 1.74 bits per heavy atom. The Morgan fingerprint density at radius 3 is 2.47 bits per heavy atom. The number of benzene rings is 3. The minimum atomic E-state index is -0.223. The van der Waals surface area contributed by atoms with E-state index >= 15 is 0 Å². The minimum absolute atomic E-state index is 0.0710. The van der Waals surface area contributed by atoms with E-state index in [0.29, 0.717) is 48.2 Å². The standard InChI is InChI=1S/C27H25N3O4/c1-2-33-23-15-9-12-20-16-22-26(32)30(21-13-7-4-8-14-21)29(27(22)34-25(20)23)18-24(31)28-17-19-10-5-3-6-11-19/h3-15H,2,16-18H2,1H3,(H,28,31). The van der Waals surface area contributed by atoms with Crippen LogP contribution in [0.4, 0.5) is 0 Å². The van der Waals surface area contributed by atoms with Gasteiger partial charge in [-0.2, -0.15) is 0 Å². The highest BCUT2D eigenvalue weighted by molar-refractivity contribution is 5.76. The molecule has 0 atom stereocenters. The second-order valence-corrected chi connectivity index (χ2v) is 8.01. The molecule has 1 aliphatic rings. The predicted octanol–water partition coefficient (Wildman–Crippen LogP) is 4.05. The molecule has 1 aromatic heterocycles. The van der Waals surface area contributed by atoms with E-state index in [4.69, 9.17) is 9.47 Å². The van der Waals surface area contributed by atoms with Crippen LogP contribution in [-0.4, -0.2) is 21.9 Å². The summed E-state index contributed by atoms with van der Waals surface area (Å²) in [7, 11) is 0. The highest BCUT2D eigenvalue weighted by atomic mass is 16.5. The second kappa shape index (κ2) is 9.31. The van der Waals surface area contributed by atoms with E-state index in [2.05, 4.69) is 5.32 Å². The molecule has 7 nitrogen and oxygen atoms in total. The van der Waals surface area contributed by atoms with E-state index in [1.54, 1.807) is 4.68 Å². The maximum atomic E-state index is 13.5. The zero-order chi connectivity index (χ0) is 23.5. The summed E-state index contributed by atoms with van der Waals surface area (Å²) in [6.45, 7) is 2.73. The van der Waals surface area contributed by atoms with Crippen LogP contribution in [0, 0.1) is 0 Å². The molecule has 5 rings (SSSR count). The summed E-state index contributed by atoms with van der Waals surface area (Å²) in [5.41, 5.74) is 2.85. The number of fused-ring (bicyclic) bond motifs is 2. The number of carbonyl (C=O) groups is 1. The molecule has 0 bridgehead atoms. The van der Waals surface area contributed by atoms with E-state index in [1.165, 1.54) is 4.68 Å². The Morgan fingerprint density at radius 1 is 1.00 bits per heavy atom. The number of para-hydroxylation sites is 2. The van der Waals surface area contributed by atoms with Crippen molar-refractivity contribution in [2.75, 3.05) is 6.61 Å². The van der Waals surface area contributed by atoms with Gasteiger partial charge in [0.05, 0.1) is 17.9 Å². The van der Waals surface area contributed by atoms with Crippen LogP contribution in [0.1, 0.15) is 23.6 Å². The first kappa shape index (κ1) is 21.6. The van der Waals surface area contributed by atoms with Crippen LogP contribution >= 0.6 is 0 Å². The number of amides is 1. The Bertz CT molecular complexity index is 1370. The molecule has 0 aliphatic carbocycles. The monoisotopic (exact) mass is 455 g/mol. The number of nitrogens with zero attached hydrogens (tertiary/aromatic N) is 2. The van der Waals surface area contributed by atoms with Gasteiger partial charge in [-0.1, -0.05) is 60.7 Å². The van der Waals surface area contributed by atoms with Crippen molar-refractivity contribution in [2.45, 2.75) is 26.4 Å². The molecule has 0 fully saturated rings. The summed E-state index contributed by atoms with van der Waals surface area (Å²) in [4.78, 5) is 26.5. The van der Waals surface area contributed by atoms with Crippen LogP contribution in [0.15, 0.2) is 83.7 Å². The van der Waals surface area contributed by atoms with Crippen LogP contribution in [0.25, 0.3) is 5.69 Å². The third-order valence-corrected chi connectivity index (χ3v) is 5.74. The van der Waals surface area contributed by atoms with Gasteiger partial charge in [-0.15, -0.1) is 0 Å². The molecule has 0 radical (unpaired) electrons. The van der Waals surface area contributed by atoms with Gasteiger partial charge in [0.2, 0.25) is 11.8 Å². The lowest BCUT2D eigenvalue weighted by molar-refractivity contribution is -0.122. The van der Waals surface area contributed by atoms with Crippen molar-refractivity contribution >= 4 is 5.91 Å². The van der Waals surface area contributed by atoms with Crippen molar-refractivity contribution < 1.29 is 14.3 Å². The van der Waals surface area contributed by atoms with E-state index in [1.807, 2.05) is 85.8 Å². The summed E-state index contributed by atoms with van der Waals surface area (Å²) in [5.74, 6) is 1.34. The summed E-state index contributed by atoms with van der Waals surface area (Å²) >= 11 is 0. The molecule has 0 saturated heterocycles. The van der Waals surface area contributed by atoms with Crippen LogP contribution in [0.3, 0.4) is 0 Å². The topological polar surface area (TPSA) is 74.5 Å². The third kappa shape index (κ3) is 4.08. The Hall–Kier alpha value is -4.26. The number of carbonyl (C=O) groups excluding carboxylic acids is 1. The van der Waals surface area contributed by atoms with Crippen molar-refractivity contribution in [1.82, 2.24) is 14.7 Å². The normalized spacial score (nSPS) is 11.8. The fraction of sp³-hybridized carbons (Fsp3) is 0.185. The van der Waals surface area contributed by atoms with Crippen LogP contribution in [0.5, 0.6) is 17.4 Å². The Kier molecular flexibility index (Phi) is 5.91. The largest absolute Gasteiger partial charge is 0.490 e. The number of nitrogens with one attached hydrogen (secondary N) is 1. The molecule has 3 aromatic carbocycles. The number of hydrogen-bond donors (Lipinski definition) is 1. The molecule has 2 heterocycles. The number of rotatable bonds is 7. The predicted molar refractivity (Wildman–Crippen MR) is 129 cm³/mol. The van der Waals surface area contributed by atoms with Gasteiger partial charge in [0, 0.05) is 18.5 Å². The molecular weight excluding hydrogens is 430 g/mol. The van der Waals surface area contributed by atoms with Gasteiger partial charge >= 0.3 is 0 Å². The maximum absolute atomic E-state index is 13.5. The lowest BCUT2D eigenvalue weighted by atomic mass is 10.0. The quantitative estimate of drug-likeness (QED) is 0.402. The Labute approximate surface area is 197 Å². The zero-order valence-corrected chi connectivity index (χ0v) is 18.9. The first-order chi connectivity index (χ1) is 16.7. The Balaban J connectivity index is 1.53. The summed E-state index contributed by atoms with van der Waals surface area (Å²) in [6, 6.07) is 24.6. The smallest absolute Gasteiger partial charge is 0.278 e. The van der Waals surface area contributed by atoms with Gasteiger partial charge in [0.25, 0.3) is 5.56 Å². The molecular formula is C27H25N3O4. The van der Waals surface area contributed by atoms with Crippen molar-refractivity contribution in [1.29, 1.82) is 0 Å². The average molecular weight is 456 g/mol. The maximum Gasteiger partial charge on any atom is 0.278 e. The summed E-state index contributed by atoms with van der Waals surface area (Å²) in [5, 5.41) is 2.94. The number of aromatic nitrogens is 2. The molecule has 0 saturated carbocycles. The van der Waals surface area contributed by atoms with Gasteiger partial charge < -0.3 is 14.8 Å². The lowest BCUT2D eigenvalue weighted by Crippen LogP contribution is -2.31. The average Bonchev–Trinajstić information content (AvgIpc) is 3.13. The van der Waals surface area contributed by atoms with Gasteiger partial charge in [0.15, 0.2) is 11.5 Å². The van der Waals surface area contributed by atoms with Crippen molar-refractivity contribution in [3.05, 3.63) is 106 Å². The van der Waals surface area contributed by atoms with Crippen LogP contribution in [0.2, 0.25) is 0 Å². The van der Waals surface area contributed by atoms with Crippen molar-refractivity contribution in [3.8, 4) is 23.1 Å². The number of ether oxygens (including phenoxy) is 2. The van der Waals surface area contributed by atoms with E-state index < -0.39 is 0 Å². The second-order valence-electron chi connectivity index (χ2n) is 8.01. The van der Waals surface area contributed by atoms with Gasteiger partial charge in [-0.25, -0.2) is 9.36 Å². The van der Waals surface area contributed by atoms with Gasteiger partial charge in [0.1, 0.15) is 6.54 Å². The van der Waals surface area contributed by atoms with E-state index in [9.17, 15) is 9.59 Å². The molecule has 0 unspecified atom stereocenters. The highest BCUT2D eigenvalue weighted by Gasteiger charge is 2.30. The fourth-order valence-corrected chi connectivity index (χ4v) is 4.17. The summed E-state index contributed by atoms with van der Waals surface area (Å²) in [6.07, 6.45) is 0.399. The molecule has 4 aromatic rings. The van der Waals surface area contributed by atoms with Crippen molar-refractivity contribution in [3.63, 3.8) is 0 Å². The first-order valence-electron chi connectivity index (χ1n) is 11.3. The number of hydrogen-bond acceptors (Lipinski definition) is 4. The molecule has 1 aliphatic heterocycles.